The van der Waals surface area contributed by atoms with Crippen molar-refractivity contribution in [3.05, 3.63) is 33.7 Å². The van der Waals surface area contributed by atoms with Crippen LogP contribution in [0.25, 0.3) is 0 Å². The minimum Gasteiger partial charge on any atom is -0.377 e. The Bertz CT molecular complexity index is 441. The number of Topliss-reactive ketones (excluding diaryl/α,β-unsaturated/α-hetero) is 1. The number of likely N-dealkylation sites (tertiary alicyclic amines) is 1. The molecule has 2 nitrogen and oxygen atoms in total. The molecular formula is C13H15NOS. The molecule has 0 radical (unpaired) electrons. The molecule has 84 valence electrons. The number of aryl methyl sites for hydroxylation is 1. The van der Waals surface area contributed by atoms with Crippen molar-refractivity contribution in [3.8, 4) is 0 Å². The Balaban J connectivity index is 1.86. The molecule has 1 fully saturated rings. The standard InChI is InChI=1S/C13H15NOS/c15-13-10(9-14-6-1-2-7-14)3-4-12-11(13)5-8-16-12/h5,8-9H,1-4,6-7H2/b10-9+. The Morgan fingerprint density at radius 1 is 1.25 bits per heavy atom. The fourth-order valence-corrected chi connectivity index (χ4v) is 3.36. The van der Waals surface area contributed by atoms with E-state index in [1.54, 1.807) is 11.3 Å². The van der Waals surface area contributed by atoms with Crippen LogP contribution in [0, 0.1) is 0 Å². The molecule has 2 aliphatic rings. The van der Waals surface area contributed by atoms with Crippen LogP contribution < -0.4 is 0 Å². The van der Waals surface area contributed by atoms with E-state index >= 15 is 0 Å². The van der Waals surface area contributed by atoms with Crippen LogP contribution >= 0.6 is 11.3 Å². The van der Waals surface area contributed by atoms with E-state index < -0.39 is 0 Å². The smallest absolute Gasteiger partial charge is 0.191 e. The fraction of sp³-hybridized carbons (Fsp3) is 0.462. The number of carbonyl (C=O) groups excluding carboxylic acids is 1. The SMILES string of the molecule is O=C1/C(=C/N2CCCC2)CCc2sccc21. The first-order valence-corrected chi connectivity index (χ1v) is 6.78. The summed E-state index contributed by atoms with van der Waals surface area (Å²) in [4.78, 5) is 15.7. The van der Waals surface area contributed by atoms with Crippen molar-refractivity contribution in [2.24, 2.45) is 0 Å². The largest absolute Gasteiger partial charge is 0.377 e. The zero-order valence-corrected chi connectivity index (χ0v) is 10.1. The Labute approximate surface area is 99.6 Å². The maximum atomic E-state index is 12.2. The lowest BCUT2D eigenvalue weighted by Gasteiger charge is -2.18. The zero-order chi connectivity index (χ0) is 11.0. The third-order valence-electron chi connectivity index (χ3n) is 3.38. The first-order chi connectivity index (χ1) is 7.84. The normalized spacial score (nSPS) is 22.9. The van der Waals surface area contributed by atoms with Crippen LogP contribution in [0.4, 0.5) is 0 Å². The van der Waals surface area contributed by atoms with E-state index in [-0.39, 0.29) is 5.78 Å². The van der Waals surface area contributed by atoms with Crippen molar-refractivity contribution in [1.29, 1.82) is 0 Å². The monoisotopic (exact) mass is 233 g/mol. The highest BCUT2D eigenvalue weighted by atomic mass is 32.1. The Morgan fingerprint density at radius 3 is 2.88 bits per heavy atom. The molecule has 1 aromatic heterocycles. The van der Waals surface area contributed by atoms with E-state index in [0.29, 0.717) is 0 Å². The average Bonchev–Trinajstić information content (AvgIpc) is 2.93. The second-order valence-electron chi connectivity index (χ2n) is 4.48. The predicted molar refractivity (Wildman–Crippen MR) is 65.9 cm³/mol. The highest BCUT2D eigenvalue weighted by molar-refractivity contribution is 7.10. The number of rotatable bonds is 1. The number of allylic oxidation sites excluding steroid dienone is 1. The number of fused-ring (bicyclic) bond motifs is 1. The molecule has 0 aromatic carbocycles. The van der Waals surface area contributed by atoms with E-state index in [9.17, 15) is 4.79 Å². The number of thiophene rings is 1. The Hall–Kier alpha value is -1.09. The molecule has 0 atom stereocenters. The summed E-state index contributed by atoms with van der Waals surface area (Å²) in [5.74, 6) is 0.259. The van der Waals surface area contributed by atoms with Gasteiger partial charge in [-0.25, -0.2) is 0 Å². The summed E-state index contributed by atoms with van der Waals surface area (Å²) in [5.41, 5.74) is 1.95. The van der Waals surface area contributed by atoms with E-state index in [1.807, 2.05) is 11.4 Å². The highest BCUT2D eigenvalue weighted by Gasteiger charge is 2.23. The van der Waals surface area contributed by atoms with Crippen LogP contribution in [-0.4, -0.2) is 23.8 Å². The highest BCUT2D eigenvalue weighted by Crippen LogP contribution is 2.29. The van der Waals surface area contributed by atoms with Crippen molar-refractivity contribution >= 4 is 17.1 Å². The molecule has 1 aliphatic heterocycles. The van der Waals surface area contributed by atoms with Crippen LogP contribution in [0.3, 0.4) is 0 Å². The van der Waals surface area contributed by atoms with Crippen molar-refractivity contribution in [3.63, 3.8) is 0 Å². The topological polar surface area (TPSA) is 20.3 Å². The molecule has 2 heterocycles. The first-order valence-electron chi connectivity index (χ1n) is 5.90. The van der Waals surface area contributed by atoms with Gasteiger partial charge in [0.15, 0.2) is 5.78 Å². The second-order valence-corrected chi connectivity index (χ2v) is 5.48. The summed E-state index contributed by atoms with van der Waals surface area (Å²) in [7, 11) is 0. The van der Waals surface area contributed by atoms with Gasteiger partial charge in [-0.2, -0.15) is 0 Å². The zero-order valence-electron chi connectivity index (χ0n) is 9.24. The summed E-state index contributed by atoms with van der Waals surface area (Å²) in [6, 6.07) is 1.97. The molecule has 3 heteroatoms. The molecule has 0 spiro atoms. The maximum absolute atomic E-state index is 12.2. The van der Waals surface area contributed by atoms with E-state index in [2.05, 4.69) is 11.1 Å². The van der Waals surface area contributed by atoms with Crippen LogP contribution in [0.1, 0.15) is 34.5 Å². The fourth-order valence-electron chi connectivity index (χ4n) is 2.49. The summed E-state index contributed by atoms with van der Waals surface area (Å²) in [5, 5.41) is 2.03. The summed E-state index contributed by atoms with van der Waals surface area (Å²) < 4.78 is 0. The molecule has 16 heavy (non-hydrogen) atoms. The molecular weight excluding hydrogens is 218 g/mol. The molecule has 1 saturated heterocycles. The third-order valence-corrected chi connectivity index (χ3v) is 4.36. The van der Waals surface area contributed by atoms with E-state index in [4.69, 9.17) is 0 Å². The van der Waals surface area contributed by atoms with Gasteiger partial charge in [-0.1, -0.05) is 0 Å². The molecule has 0 amide bonds. The van der Waals surface area contributed by atoms with Gasteiger partial charge in [0.25, 0.3) is 0 Å². The molecule has 0 bridgehead atoms. The van der Waals surface area contributed by atoms with Crippen molar-refractivity contribution in [2.45, 2.75) is 25.7 Å². The Morgan fingerprint density at radius 2 is 2.06 bits per heavy atom. The van der Waals surface area contributed by atoms with Crippen LogP contribution in [0.5, 0.6) is 0 Å². The van der Waals surface area contributed by atoms with Crippen molar-refractivity contribution in [2.75, 3.05) is 13.1 Å². The van der Waals surface area contributed by atoms with Crippen LogP contribution in [-0.2, 0) is 6.42 Å². The number of carbonyl (C=O) groups is 1. The maximum Gasteiger partial charge on any atom is 0.191 e. The van der Waals surface area contributed by atoms with Crippen molar-refractivity contribution in [1.82, 2.24) is 4.90 Å². The molecule has 0 unspecified atom stereocenters. The van der Waals surface area contributed by atoms with Gasteiger partial charge in [0.1, 0.15) is 0 Å². The lowest BCUT2D eigenvalue weighted by Crippen LogP contribution is -2.18. The second kappa shape index (κ2) is 4.06. The van der Waals surface area contributed by atoms with E-state index in [1.165, 1.54) is 17.7 Å². The number of ketones is 1. The molecule has 0 saturated carbocycles. The van der Waals surface area contributed by atoms with E-state index in [0.717, 1.165) is 37.1 Å². The molecule has 1 aliphatic carbocycles. The quantitative estimate of drug-likeness (QED) is 0.695. The van der Waals surface area contributed by atoms with Gasteiger partial charge in [-0.3, -0.25) is 4.79 Å². The van der Waals surface area contributed by atoms with Gasteiger partial charge in [0, 0.05) is 35.3 Å². The molecule has 0 N–H and O–H groups in total. The minimum atomic E-state index is 0.259. The minimum absolute atomic E-state index is 0.259. The number of hydrogen-bond acceptors (Lipinski definition) is 3. The molecule has 3 rings (SSSR count). The number of hydrogen-bond donors (Lipinski definition) is 0. The molecule has 1 aromatic rings. The summed E-state index contributed by atoms with van der Waals surface area (Å²) >= 11 is 1.71. The van der Waals surface area contributed by atoms with Gasteiger partial charge >= 0.3 is 0 Å². The third kappa shape index (κ3) is 1.69. The van der Waals surface area contributed by atoms with Gasteiger partial charge in [0.2, 0.25) is 0 Å². The first kappa shape index (κ1) is 10.1. The average molecular weight is 233 g/mol. The van der Waals surface area contributed by atoms with Gasteiger partial charge in [0.05, 0.1) is 0 Å². The summed E-state index contributed by atoms with van der Waals surface area (Å²) in [6.07, 6.45) is 6.60. The summed E-state index contributed by atoms with van der Waals surface area (Å²) in [6.45, 7) is 2.24. The van der Waals surface area contributed by atoms with Crippen molar-refractivity contribution < 1.29 is 4.79 Å². The lowest BCUT2D eigenvalue weighted by molar-refractivity contribution is 0.102. The van der Waals surface area contributed by atoms with Crippen LogP contribution in [0.2, 0.25) is 0 Å². The number of nitrogens with zero attached hydrogens (tertiary/aromatic N) is 1. The van der Waals surface area contributed by atoms with Crippen LogP contribution in [0.15, 0.2) is 23.2 Å². The van der Waals surface area contributed by atoms with Gasteiger partial charge in [-0.05, 0) is 37.1 Å². The van der Waals surface area contributed by atoms with Gasteiger partial charge in [-0.15, -0.1) is 11.3 Å². The predicted octanol–water partition coefficient (Wildman–Crippen LogP) is 2.86. The lowest BCUT2D eigenvalue weighted by atomic mass is 9.93. The van der Waals surface area contributed by atoms with Gasteiger partial charge < -0.3 is 4.90 Å². The Kier molecular flexibility index (Phi) is 2.56.